The number of fused-ring (bicyclic) bond motifs is 1. The molecule has 1 saturated heterocycles. The number of halogens is 2. The molecule has 5 N–H and O–H groups in total. The Morgan fingerprint density at radius 2 is 1.84 bits per heavy atom. The number of hydrogen-bond acceptors (Lipinski definition) is 8. The van der Waals surface area contributed by atoms with Gasteiger partial charge in [0.2, 0.25) is 0 Å². The Kier molecular flexibility index (Phi) is 8.20. The summed E-state index contributed by atoms with van der Waals surface area (Å²) >= 11 is 0. The van der Waals surface area contributed by atoms with Crippen molar-refractivity contribution in [3.05, 3.63) is 42.7 Å². The Labute approximate surface area is 185 Å². The lowest BCUT2D eigenvalue weighted by atomic mass is 9.95. The smallest absolute Gasteiger partial charge is 0.255 e. The number of alkyl halides is 2. The lowest BCUT2D eigenvalue weighted by Gasteiger charge is -2.32. The summed E-state index contributed by atoms with van der Waals surface area (Å²) in [7, 11) is 1.86. The Bertz CT molecular complexity index is 1000. The van der Waals surface area contributed by atoms with Crippen LogP contribution in [0.3, 0.4) is 0 Å². The molecule has 3 aromatic rings. The van der Waals surface area contributed by atoms with Crippen molar-refractivity contribution in [2.45, 2.75) is 12.3 Å². The number of aromatic nitrogens is 3. The summed E-state index contributed by atoms with van der Waals surface area (Å²) in [5, 5.41) is 24.5. The summed E-state index contributed by atoms with van der Waals surface area (Å²) in [6, 6.07) is 9.69. The largest absolute Gasteiger partial charge is 0.394 e. The fourth-order valence-corrected chi connectivity index (χ4v) is 3.38. The molecule has 0 saturated carbocycles. The minimum atomic E-state index is -2.69. The molecule has 1 aromatic carbocycles. The summed E-state index contributed by atoms with van der Waals surface area (Å²) in [4.78, 5) is 13.4. The number of nitrogens with zero attached hydrogens (tertiary/aromatic N) is 3. The molecule has 2 aromatic heterocycles. The van der Waals surface area contributed by atoms with Crippen LogP contribution in [-0.2, 0) is 0 Å². The van der Waals surface area contributed by atoms with Crippen molar-refractivity contribution in [1.82, 2.24) is 20.3 Å². The fraction of sp³-hybridized carbons (Fsp3) is 0.409. The average Bonchev–Trinajstić information content (AvgIpc) is 2.83. The number of anilines is 2. The molecule has 10 heteroatoms. The van der Waals surface area contributed by atoms with Crippen LogP contribution >= 0.6 is 0 Å². The van der Waals surface area contributed by atoms with Crippen molar-refractivity contribution in [3.8, 4) is 11.3 Å². The molecule has 3 heterocycles. The van der Waals surface area contributed by atoms with Crippen LogP contribution in [0.4, 0.5) is 20.3 Å². The zero-order chi connectivity index (χ0) is 23.0. The van der Waals surface area contributed by atoms with Gasteiger partial charge < -0.3 is 26.2 Å². The van der Waals surface area contributed by atoms with Crippen LogP contribution in [0.2, 0.25) is 0 Å². The summed E-state index contributed by atoms with van der Waals surface area (Å²) in [5.41, 5.74) is 3.87. The van der Waals surface area contributed by atoms with Gasteiger partial charge in [-0.25, -0.2) is 18.7 Å². The Hall–Kier alpha value is -2.95. The second-order valence-electron chi connectivity index (χ2n) is 7.35. The predicted molar refractivity (Wildman–Crippen MR) is 121 cm³/mol. The number of nitrogens with one attached hydrogen (secondary N) is 3. The molecule has 1 atom stereocenters. The molecule has 1 aliphatic rings. The van der Waals surface area contributed by atoms with E-state index in [-0.39, 0.29) is 32.7 Å². The molecular weight excluding hydrogens is 418 g/mol. The number of aliphatic hydroxyl groups is 2. The zero-order valence-corrected chi connectivity index (χ0v) is 17.9. The summed E-state index contributed by atoms with van der Waals surface area (Å²) in [5.74, 6) is -3.02. The highest BCUT2D eigenvalue weighted by Gasteiger charge is 2.41. The van der Waals surface area contributed by atoms with Gasteiger partial charge in [0.1, 0.15) is 5.52 Å². The quantitative estimate of drug-likeness (QED) is 0.392. The van der Waals surface area contributed by atoms with E-state index in [2.05, 4.69) is 30.9 Å². The number of aliphatic hydroxyl groups excluding tert-OH is 2. The third-order valence-electron chi connectivity index (χ3n) is 5.16. The monoisotopic (exact) mass is 446 g/mol. The van der Waals surface area contributed by atoms with E-state index in [1.165, 1.54) is 0 Å². The van der Waals surface area contributed by atoms with E-state index < -0.39 is 11.8 Å². The first-order chi connectivity index (χ1) is 15.5. The maximum atomic E-state index is 14.2. The molecule has 8 nitrogen and oxygen atoms in total. The van der Waals surface area contributed by atoms with E-state index in [1.807, 2.05) is 37.4 Å². The highest BCUT2D eigenvalue weighted by atomic mass is 19.3. The van der Waals surface area contributed by atoms with Crippen molar-refractivity contribution >= 4 is 22.5 Å². The van der Waals surface area contributed by atoms with Gasteiger partial charge in [0, 0.05) is 56.7 Å². The minimum absolute atomic E-state index is 0.112. The average molecular weight is 447 g/mol. The first-order valence-corrected chi connectivity index (χ1v) is 10.4. The first kappa shape index (κ1) is 23.7. The number of rotatable bonds is 6. The molecule has 0 amide bonds. The third kappa shape index (κ3) is 5.84. The summed E-state index contributed by atoms with van der Waals surface area (Å²) in [6.07, 6.45) is 3.04. The first-order valence-electron chi connectivity index (χ1n) is 10.4. The van der Waals surface area contributed by atoms with E-state index in [0.717, 1.165) is 11.3 Å². The maximum Gasteiger partial charge on any atom is 0.255 e. The van der Waals surface area contributed by atoms with Crippen LogP contribution in [0, 0.1) is 5.92 Å². The molecular formula is C22H28F2N6O2. The molecule has 1 aliphatic heterocycles. The van der Waals surface area contributed by atoms with E-state index in [4.69, 9.17) is 10.2 Å². The van der Waals surface area contributed by atoms with Gasteiger partial charge in [0.15, 0.2) is 5.82 Å². The third-order valence-corrected chi connectivity index (χ3v) is 5.16. The van der Waals surface area contributed by atoms with Gasteiger partial charge in [0.25, 0.3) is 5.92 Å². The van der Waals surface area contributed by atoms with Crippen LogP contribution < -0.4 is 16.0 Å². The lowest BCUT2D eigenvalue weighted by Crippen LogP contribution is -2.47. The highest BCUT2D eigenvalue weighted by molar-refractivity contribution is 5.88. The van der Waals surface area contributed by atoms with Crippen molar-refractivity contribution in [1.29, 1.82) is 0 Å². The van der Waals surface area contributed by atoms with Gasteiger partial charge in [-0.1, -0.05) is 12.1 Å². The van der Waals surface area contributed by atoms with E-state index in [9.17, 15) is 8.78 Å². The second kappa shape index (κ2) is 11.1. The van der Waals surface area contributed by atoms with Gasteiger partial charge in [-0.05, 0) is 18.2 Å². The maximum absolute atomic E-state index is 14.2. The standard InChI is InChI=1S/C20H22F2N6.C2H6O2/c1-23-15-4-2-13(3-5-15)16-10-17-18(26-9-8-25-17)19(28-16)27-12-14-11-24-7-6-20(14,21)22;3-1-2-4/h2-5,8-10,14,23-24H,6-7,11-12H2,1H3,(H,27,28);3-4H,1-2H2. The molecule has 1 unspecified atom stereocenters. The molecule has 32 heavy (non-hydrogen) atoms. The molecule has 0 bridgehead atoms. The summed E-state index contributed by atoms with van der Waals surface area (Å²) in [6.45, 7) is 0.476. The number of benzene rings is 1. The zero-order valence-electron chi connectivity index (χ0n) is 17.9. The molecule has 0 radical (unpaired) electrons. The number of piperidine rings is 1. The Balaban J connectivity index is 0.000000668. The van der Waals surface area contributed by atoms with Crippen LogP contribution in [0.1, 0.15) is 6.42 Å². The number of hydrogen-bond donors (Lipinski definition) is 5. The normalized spacial score (nSPS) is 17.3. The van der Waals surface area contributed by atoms with Gasteiger partial charge in [-0.3, -0.25) is 4.98 Å². The Morgan fingerprint density at radius 1 is 1.12 bits per heavy atom. The molecule has 172 valence electrons. The highest BCUT2D eigenvalue weighted by Crippen LogP contribution is 2.32. The van der Waals surface area contributed by atoms with Crippen molar-refractivity contribution < 1.29 is 19.0 Å². The fourth-order valence-electron chi connectivity index (χ4n) is 3.38. The van der Waals surface area contributed by atoms with Crippen LogP contribution in [-0.4, -0.2) is 71.0 Å². The van der Waals surface area contributed by atoms with Gasteiger partial charge >= 0.3 is 0 Å². The Morgan fingerprint density at radius 3 is 2.50 bits per heavy atom. The lowest BCUT2D eigenvalue weighted by molar-refractivity contribution is -0.0728. The SMILES string of the molecule is CNc1ccc(-c2cc3nccnc3c(NCC3CNCCC3(F)F)n2)cc1.OCCO. The predicted octanol–water partition coefficient (Wildman–Crippen LogP) is 2.36. The van der Waals surface area contributed by atoms with Crippen molar-refractivity contribution in [2.24, 2.45) is 5.92 Å². The van der Waals surface area contributed by atoms with Gasteiger partial charge in [-0.15, -0.1) is 0 Å². The van der Waals surface area contributed by atoms with E-state index >= 15 is 0 Å². The van der Waals surface area contributed by atoms with Crippen LogP contribution in [0.15, 0.2) is 42.7 Å². The number of pyridine rings is 1. The van der Waals surface area contributed by atoms with E-state index in [0.29, 0.717) is 29.1 Å². The summed E-state index contributed by atoms with van der Waals surface area (Å²) < 4.78 is 28.3. The van der Waals surface area contributed by atoms with Gasteiger partial charge in [0.05, 0.1) is 30.3 Å². The molecule has 0 aliphatic carbocycles. The van der Waals surface area contributed by atoms with E-state index in [1.54, 1.807) is 12.4 Å². The van der Waals surface area contributed by atoms with Crippen LogP contribution in [0.5, 0.6) is 0 Å². The molecule has 0 spiro atoms. The second-order valence-corrected chi connectivity index (χ2v) is 7.35. The topological polar surface area (TPSA) is 115 Å². The van der Waals surface area contributed by atoms with Crippen molar-refractivity contribution in [3.63, 3.8) is 0 Å². The van der Waals surface area contributed by atoms with Crippen molar-refractivity contribution in [2.75, 3.05) is 50.5 Å². The van der Waals surface area contributed by atoms with Gasteiger partial charge in [-0.2, -0.15) is 0 Å². The molecule has 4 rings (SSSR count). The molecule has 1 fully saturated rings. The van der Waals surface area contributed by atoms with Crippen LogP contribution in [0.25, 0.3) is 22.3 Å². The minimum Gasteiger partial charge on any atom is -0.394 e.